The number of hydrogen-bond acceptors (Lipinski definition) is 6. The molecule has 0 spiro atoms. The zero-order valence-corrected chi connectivity index (χ0v) is 16.1. The minimum absolute atomic E-state index is 0.203. The first-order valence-electron chi connectivity index (χ1n) is 8.99. The number of pyridine rings is 2. The van der Waals surface area contributed by atoms with Crippen LogP contribution in [-0.2, 0) is 0 Å². The molecule has 0 fully saturated rings. The molecule has 4 aromatic heterocycles. The molecule has 28 heavy (non-hydrogen) atoms. The van der Waals surface area contributed by atoms with E-state index in [1.54, 1.807) is 25.4 Å². The van der Waals surface area contributed by atoms with E-state index in [1.807, 2.05) is 39.0 Å². The van der Waals surface area contributed by atoms with Gasteiger partial charge in [0.1, 0.15) is 11.5 Å². The highest BCUT2D eigenvalue weighted by atomic mass is 16.5. The molecule has 1 unspecified atom stereocenters. The standard InChI is InChI=1S/C21H20N4O3/c1-11-8-16(14(4)27-11)18-9-17(19-13(3)25-28-21(19)24-18)20(26)23-12(2)15-6-5-7-22-10-15/h5-10,12H,1-4H3,(H,23,26). The van der Waals surface area contributed by atoms with E-state index in [0.29, 0.717) is 28.1 Å². The number of aryl methyl sites for hydroxylation is 3. The lowest BCUT2D eigenvalue weighted by Gasteiger charge is -2.14. The maximum atomic E-state index is 13.1. The summed E-state index contributed by atoms with van der Waals surface area (Å²) in [7, 11) is 0. The first-order valence-corrected chi connectivity index (χ1v) is 8.99. The van der Waals surface area contributed by atoms with Gasteiger partial charge >= 0.3 is 0 Å². The van der Waals surface area contributed by atoms with Crippen LogP contribution in [0.4, 0.5) is 0 Å². The third-order valence-corrected chi connectivity index (χ3v) is 4.71. The number of furan rings is 1. The van der Waals surface area contributed by atoms with Crippen LogP contribution in [0.25, 0.3) is 22.4 Å². The first kappa shape index (κ1) is 17.9. The maximum absolute atomic E-state index is 13.1. The number of carbonyl (C=O) groups is 1. The van der Waals surface area contributed by atoms with Gasteiger partial charge in [0, 0.05) is 18.0 Å². The largest absolute Gasteiger partial charge is 0.466 e. The monoisotopic (exact) mass is 376 g/mol. The second-order valence-corrected chi connectivity index (χ2v) is 6.81. The summed E-state index contributed by atoms with van der Waals surface area (Å²) in [5.41, 5.74) is 3.76. The van der Waals surface area contributed by atoms with Gasteiger partial charge in [-0.3, -0.25) is 9.78 Å². The van der Waals surface area contributed by atoms with E-state index in [1.165, 1.54) is 0 Å². The van der Waals surface area contributed by atoms with Crippen LogP contribution in [0.3, 0.4) is 0 Å². The van der Waals surface area contributed by atoms with Gasteiger partial charge in [0.25, 0.3) is 11.6 Å². The van der Waals surface area contributed by atoms with Gasteiger partial charge in [0.05, 0.1) is 28.4 Å². The molecule has 1 atom stereocenters. The Hall–Kier alpha value is -3.48. The van der Waals surface area contributed by atoms with Crippen molar-refractivity contribution >= 4 is 17.0 Å². The Bertz CT molecular complexity index is 1160. The fourth-order valence-corrected chi connectivity index (χ4v) is 3.29. The predicted molar refractivity (Wildman–Crippen MR) is 104 cm³/mol. The van der Waals surface area contributed by atoms with Crippen LogP contribution in [0, 0.1) is 20.8 Å². The molecule has 142 valence electrons. The topological polar surface area (TPSA) is 94.1 Å². The highest BCUT2D eigenvalue weighted by Gasteiger charge is 2.22. The van der Waals surface area contributed by atoms with E-state index in [2.05, 4.69) is 20.4 Å². The summed E-state index contributed by atoms with van der Waals surface area (Å²) in [5, 5.41) is 7.62. The predicted octanol–water partition coefficient (Wildman–Crippen LogP) is 4.29. The van der Waals surface area contributed by atoms with E-state index in [9.17, 15) is 4.79 Å². The number of amides is 1. The third kappa shape index (κ3) is 3.15. The number of fused-ring (bicyclic) bond motifs is 1. The SMILES string of the molecule is Cc1cc(-c2cc(C(=O)NC(C)c3cccnc3)c3c(C)noc3n2)c(C)o1. The maximum Gasteiger partial charge on any atom is 0.259 e. The summed E-state index contributed by atoms with van der Waals surface area (Å²) in [6.07, 6.45) is 3.44. The third-order valence-electron chi connectivity index (χ3n) is 4.71. The van der Waals surface area contributed by atoms with Gasteiger partial charge < -0.3 is 14.3 Å². The van der Waals surface area contributed by atoms with Gasteiger partial charge in [0.15, 0.2) is 0 Å². The normalized spacial score (nSPS) is 12.3. The van der Waals surface area contributed by atoms with Crippen molar-refractivity contribution in [3.63, 3.8) is 0 Å². The first-order chi connectivity index (χ1) is 13.4. The van der Waals surface area contributed by atoms with Crippen LogP contribution in [0.5, 0.6) is 0 Å². The van der Waals surface area contributed by atoms with Crippen LogP contribution in [0.2, 0.25) is 0 Å². The molecule has 4 rings (SSSR count). The lowest BCUT2D eigenvalue weighted by Crippen LogP contribution is -2.27. The number of carbonyl (C=O) groups excluding carboxylic acids is 1. The van der Waals surface area contributed by atoms with E-state index < -0.39 is 0 Å². The molecule has 0 saturated carbocycles. The number of nitrogens with one attached hydrogen (secondary N) is 1. The zero-order valence-electron chi connectivity index (χ0n) is 16.1. The molecule has 0 aliphatic carbocycles. The molecular weight excluding hydrogens is 356 g/mol. The average Bonchev–Trinajstić information content (AvgIpc) is 3.23. The van der Waals surface area contributed by atoms with Gasteiger partial charge in [0.2, 0.25) is 0 Å². The number of hydrogen-bond donors (Lipinski definition) is 1. The molecule has 1 N–H and O–H groups in total. The summed E-state index contributed by atoms with van der Waals surface area (Å²) in [6, 6.07) is 7.22. The Balaban J connectivity index is 1.77. The Morgan fingerprint density at radius 1 is 1.21 bits per heavy atom. The van der Waals surface area contributed by atoms with Crippen molar-refractivity contribution in [2.45, 2.75) is 33.7 Å². The molecule has 0 bridgehead atoms. The molecule has 0 aliphatic heterocycles. The summed E-state index contributed by atoms with van der Waals surface area (Å²) < 4.78 is 11.0. The number of aromatic nitrogens is 3. The molecule has 1 amide bonds. The van der Waals surface area contributed by atoms with Crippen LogP contribution >= 0.6 is 0 Å². The van der Waals surface area contributed by atoms with Crippen LogP contribution < -0.4 is 5.32 Å². The Morgan fingerprint density at radius 3 is 2.71 bits per heavy atom. The molecule has 7 nitrogen and oxygen atoms in total. The smallest absolute Gasteiger partial charge is 0.259 e. The van der Waals surface area contributed by atoms with Crippen molar-refractivity contribution in [1.29, 1.82) is 0 Å². The van der Waals surface area contributed by atoms with Crippen LogP contribution in [0.15, 0.2) is 45.6 Å². The summed E-state index contributed by atoms with van der Waals surface area (Å²) in [6.45, 7) is 7.45. The van der Waals surface area contributed by atoms with Gasteiger partial charge in [-0.2, -0.15) is 0 Å². The molecule has 0 aliphatic rings. The van der Waals surface area contributed by atoms with Crippen molar-refractivity contribution in [1.82, 2.24) is 20.4 Å². The molecule has 4 aromatic rings. The second-order valence-electron chi connectivity index (χ2n) is 6.81. The molecule has 0 aromatic carbocycles. The average molecular weight is 376 g/mol. The van der Waals surface area contributed by atoms with Gasteiger partial charge in [-0.15, -0.1) is 0 Å². The van der Waals surface area contributed by atoms with Gasteiger partial charge in [-0.25, -0.2) is 4.98 Å². The molecule has 4 heterocycles. The molecular formula is C21H20N4O3. The number of rotatable bonds is 4. The van der Waals surface area contributed by atoms with Crippen molar-refractivity contribution in [2.24, 2.45) is 0 Å². The molecule has 0 saturated heterocycles. The highest BCUT2D eigenvalue weighted by molar-refractivity contribution is 6.07. The Morgan fingerprint density at radius 2 is 2.04 bits per heavy atom. The highest BCUT2D eigenvalue weighted by Crippen LogP contribution is 2.30. The van der Waals surface area contributed by atoms with E-state index in [0.717, 1.165) is 22.6 Å². The van der Waals surface area contributed by atoms with Crippen molar-refractivity contribution in [2.75, 3.05) is 0 Å². The molecule has 7 heteroatoms. The van der Waals surface area contributed by atoms with Gasteiger partial charge in [-0.05, 0) is 51.5 Å². The minimum Gasteiger partial charge on any atom is -0.466 e. The fraction of sp³-hybridized carbons (Fsp3) is 0.238. The summed E-state index contributed by atoms with van der Waals surface area (Å²) >= 11 is 0. The fourth-order valence-electron chi connectivity index (χ4n) is 3.29. The molecule has 0 radical (unpaired) electrons. The van der Waals surface area contributed by atoms with E-state index in [-0.39, 0.29) is 11.9 Å². The lowest BCUT2D eigenvalue weighted by atomic mass is 10.0. The second kappa shape index (κ2) is 6.92. The Labute approximate surface area is 161 Å². The number of nitrogens with zero attached hydrogens (tertiary/aromatic N) is 3. The zero-order chi connectivity index (χ0) is 19.8. The van der Waals surface area contributed by atoms with Crippen molar-refractivity contribution in [3.8, 4) is 11.3 Å². The van der Waals surface area contributed by atoms with Crippen LogP contribution in [-0.4, -0.2) is 21.0 Å². The van der Waals surface area contributed by atoms with E-state index in [4.69, 9.17) is 8.94 Å². The van der Waals surface area contributed by atoms with Crippen molar-refractivity contribution < 1.29 is 13.7 Å². The summed E-state index contributed by atoms with van der Waals surface area (Å²) in [5.74, 6) is 1.28. The van der Waals surface area contributed by atoms with Gasteiger partial charge in [-0.1, -0.05) is 11.2 Å². The lowest BCUT2D eigenvalue weighted by molar-refractivity contribution is 0.0941. The van der Waals surface area contributed by atoms with Crippen molar-refractivity contribution in [3.05, 3.63) is 65.0 Å². The van der Waals surface area contributed by atoms with Crippen LogP contribution in [0.1, 0.15) is 46.1 Å². The summed E-state index contributed by atoms with van der Waals surface area (Å²) in [4.78, 5) is 21.8. The minimum atomic E-state index is -0.228. The quantitative estimate of drug-likeness (QED) is 0.571. The van der Waals surface area contributed by atoms with E-state index >= 15 is 0 Å². The Kier molecular flexibility index (Phi) is 4.43.